The van der Waals surface area contributed by atoms with Gasteiger partial charge in [0.05, 0.1) is 6.26 Å². The van der Waals surface area contributed by atoms with Crippen LogP contribution in [0.5, 0.6) is 0 Å². The zero-order valence-corrected chi connectivity index (χ0v) is 16.0. The maximum absolute atomic E-state index is 12.6. The second-order valence-corrected chi connectivity index (χ2v) is 8.03. The van der Waals surface area contributed by atoms with Crippen molar-refractivity contribution in [1.82, 2.24) is 9.80 Å². The molecular weight excluding hydrogens is 340 g/mol. The predicted octanol–water partition coefficient (Wildman–Crippen LogP) is 3.42. The minimum atomic E-state index is -0.0273. The summed E-state index contributed by atoms with van der Waals surface area (Å²) >= 11 is 0. The molecule has 1 spiro atoms. The monoisotopic (exact) mass is 366 g/mol. The van der Waals surface area contributed by atoms with Gasteiger partial charge in [0.2, 0.25) is 5.91 Å². The van der Waals surface area contributed by atoms with Gasteiger partial charge in [0, 0.05) is 33.6 Å². The summed E-state index contributed by atoms with van der Waals surface area (Å²) in [6.45, 7) is 1.45. The van der Waals surface area contributed by atoms with Crippen LogP contribution in [0.4, 0.5) is 0 Å². The zero-order chi connectivity index (χ0) is 19.0. The standard InChI is InChI=1S/C22H26N2O3/c1-23(2)20(25)14-16-15-22(18-7-4-3-6-17(16)18)9-11-24(12-10-22)21(26)19-8-5-13-27-19/h3-8,13,16H,9-12,14-15H2,1-2H3. The molecule has 1 saturated heterocycles. The molecule has 1 unspecified atom stereocenters. The van der Waals surface area contributed by atoms with E-state index in [1.807, 2.05) is 19.0 Å². The van der Waals surface area contributed by atoms with Crippen molar-refractivity contribution in [2.75, 3.05) is 27.2 Å². The van der Waals surface area contributed by atoms with Crippen molar-refractivity contribution in [3.8, 4) is 0 Å². The number of carbonyl (C=O) groups excluding carboxylic acids is 2. The SMILES string of the molecule is CN(C)C(=O)CC1CC2(CCN(C(=O)c3ccco3)CC2)c2ccccc21. The van der Waals surface area contributed by atoms with Crippen molar-refractivity contribution < 1.29 is 14.0 Å². The molecular formula is C22H26N2O3. The van der Waals surface area contributed by atoms with E-state index in [0.717, 1.165) is 32.4 Å². The number of hydrogen-bond donors (Lipinski definition) is 0. The summed E-state index contributed by atoms with van der Waals surface area (Å²) in [5, 5.41) is 0. The molecule has 27 heavy (non-hydrogen) atoms. The van der Waals surface area contributed by atoms with Crippen molar-refractivity contribution in [3.05, 3.63) is 59.5 Å². The summed E-state index contributed by atoms with van der Waals surface area (Å²) in [5.41, 5.74) is 2.78. The number of amides is 2. The molecule has 1 aromatic carbocycles. The topological polar surface area (TPSA) is 53.8 Å². The van der Waals surface area contributed by atoms with Crippen LogP contribution in [0.3, 0.4) is 0 Å². The van der Waals surface area contributed by atoms with Crippen LogP contribution >= 0.6 is 0 Å². The Labute approximate surface area is 159 Å². The van der Waals surface area contributed by atoms with E-state index in [1.54, 1.807) is 17.0 Å². The quantitative estimate of drug-likeness (QED) is 0.836. The number of rotatable bonds is 3. The van der Waals surface area contributed by atoms with Crippen molar-refractivity contribution in [2.24, 2.45) is 0 Å². The summed E-state index contributed by atoms with van der Waals surface area (Å²) in [4.78, 5) is 28.5. The van der Waals surface area contributed by atoms with Crippen molar-refractivity contribution in [1.29, 1.82) is 0 Å². The Hall–Kier alpha value is -2.56. The highest BCUT2D eigenvalue weighted by Crippen LogP contribution is 2.52. The first-order valence-electron chi connectivity index (χ1n) is 9.62. The normalized spacial score (nSPS) is 20.5. The molecule has 1 aliphatic carbocycles. The van der Waals surface area contributed by atoms with Gasteiger partial charge in [-0.05, 0) is 53.9 Å². The lowest BCUT2D eigenvalue weighted by atomic mass is 9.73. The Kier molecular flexibility index (Phi) is 4.54. The lowest BCUT2D eigenvalue weighted by Gasteiger charge is -2.40. The molecule has 1 aromatic heterocycles. The van der Waals surface area contributed by atoms with Crippen LogP contribution < -0.4 is 0 Å². The van der Waals surface area contributed by atoms with E-state index in [0.29, 0.717) is 12.2 Å². The largest absolute Gasteiger partial charge is 0.459 e. The van der Waals surface area contributed by atoms with E-state index >= 15 is 0 Å². The van der Waals surface area contributed by atoms with Crippen LogP contribution in [0.15, 0.2) is 47.1 Å². The van der Waals surface area contributed by atoms with E-state index < -0.39 is 0 Å². The van der Waals surface area contributed by atoms with Crippen LogP contribution in [-0.4, -0.2) is 48.8 Å². The van der Waals surface area contributed by atoms with E-state index in [1.165, 1.54) is 17.4 Å². The number of likely N-dealkylation sites (tertiary alicyclic amines) is 1. The average molecular weight is 366 g/mol. The second kappa shape index (κ2) is 6.87. The minimum absolute atomic E-state index is 0.0273. The molecule has 2 aliphatic rings. The lowest BCUT2D eigenvalue weighted by molar-refractivity contribution is -0.129. The third kappa shape index (κ3) is 3.15. The third-order valence-electron chi connectivity index (χ3n) is 6.27. The number of benzene rings is 1. The first-order valence-corrected chi connectivity index (χ1v) is 9.62. The van der Waals surface area contributed by atoms with Gasteiger partial charge in [-0.3, -0.25) is 9.59 Å². The van der Waals surface area contributed by atoms with Gasteiger partial charge < -0.3 is 14.2 Å². The summed E-state index contributed by atoms with van der Waals surface area (Å²) in [7, 11) is 3.63. The fraction of sp³-hybridized carbons (Fsp3) is 0.455. The molecule has 1 aliphatic heterocycles. The van der Waals surface area contributed by atoms with E-state index in [-0.39, 0.29) is 23.1 Å². The van der Waals surface area contributed by atoms with Gasteiger partial charge in [0.15, 0.2) is 5.76 Å². The minimum Gasteiger partial charge on any atom is -0.459 e. The van der Waals surface area contributed by atoms with Crippen LogP contribution in [0, 0.1) is 0 Å². The number of fused-ring (bicyclic) bond motifs is 2. The fourth-order valence-electron chi connectivity index (χ4n) is 4.77. The first kappa shape index (κ1) is 17.8. The molecule has 0 radical (unpaired) electrons. The van der Waals surface area contributed by atoms with Crippen molar-refractivity contribution in [3.63, 3.8) is 0 Å². The Bertz CT molecular complexity index is 833. The summed E-state index contributed by atoms with van der Waals surface area (Å²) in [6.07, 6.45) is 4.96. The highest BCUT2D eigenvalue weighted by atomic mass is 16.3. The van der Waals surface area contributed by atoms with E-state index in [2.05, 4.69) is 24.3 Å². The molecule has 4 rings (SSSR count). The maximum Gasteiger partial charge on any atom is 0.289 e. The number of carbonyl (C=O) groups is 2. The second-order valence-electron chi connectivity index (χ2n) is 8.03. The Balaban J connectivity index is 1.52. The first-order chi connectivity index (χ1) is 13.0. The van der Waals surface area contributed by atoms with Gasteiger partial charge in [-0.25, -0.2) is 0 Å². The molecule has 5 nitrogen and oxygen atoms in total. The Morgan fingerprint density at radius 2 is 1.89 bits per heavy atom. The number of hydrogen-bond acceptors (Lipinski definition) is 3. The summed E-state index contributed by atoms with van der Waals surface area (Å²) < 4.78 is 5.27. The maximum atomic E-state index is 12.6. The van der Waals surface area contributed by atoms with E-state index in [9.17, 15) is 9.59 Å². The zero-order valence-electron chi connectivity index (χ0n) is 16.0. The van der Waals surface area contributed by atoms with Gasteiger partial charge in [0.25, 0.3) is 5.91 Å². The smallest absolute Gasteiger partial charge is 0.289 e. The lowest BCUT2D eigenvalue weighted by Crippen LogP contribution is -2.44. The molecule has 0 N–H and O–H groups in total. The predicted molar refractivity (Wildman–Crippen MR) is 103 cm³/mol. The van der Waals surface area contributed by atoms with Crippen LogP contribution in [0.25, 0.3) is 0 Å². The Morgan fingerprint density at radius 1 is 1.15 bits per heavy atom. The van der Waals surface area contributed by atoms with Crippen LogP contribution in [0.2, 0.25) is 0 Å². The van der Waals surface area contributed by atoms with Gasteiger partial charge in [-0.2, -0.15) is 0 Å². The Morgan fingerprint density at radius 3 is 2.56 bits per heavy atom. The highest BCUT2D eigenvalue weighted by Gasteiger charge is 2.46. The van der Waals surface area contributed by atoms with Crippen LogP contribution in [0.1, 0.15) is 53.3 Å². The summed E-state index contributed by atoms with van der Waals surface area (Å²) in [5.74, 6) is 0.827. The molecule has 0 saturated carbocycles. The van der Waals surface area contributed by atoms with Gasteiger partial charge in [-0.1, -0.05) is 24.3 Å². The molecule has 0 bridgehead atoms. The number of nitrogens with zero attached hydrogens (tertiary/aromatic N) is 2. The molecule has 2 heterocycles. The summed E-state index contributed by atoms with van der Waals surface area (Å²) in [6, 6.07) is 12.0. The third-order valence-corrected chi connectivity index (χ3v) is 6.27. The van der Waals surface area contributed by atoms with Gasteiger partial charge >= 0.3 is 0 Å². The fourth-order valence-corrected chi connectivity index (χ4v) is 4.77. The van der Waals surface area contributed by atoms with Crippen molar-refractivity contribution in [2.45, 2.75) is 37.0 Å². The molecule has 142 valence electrons. The van der Waals surface area contributed by atoms with Gasteiger partial charge in [0.1, 0.15) is 0 Å². The highest BCUT2D eigenvalue weighted by molar-refractivity contribution is 5.91. The molecule has 1 fully saturated rings. The number of furan rings is 1. The molecule has 2 aromatic rings. The molecule has 1 atom stereocenters. The molecule has 2 amide bonds. The van der Waals surface area contributed by atoms with Gasteiger partial charge in [-0.15, -0.1) is 0 Å². The van der Waals surface area contributed by atoms with E-state index in [4.69, 9.17) is 4.42 Å². The molecule has 5 heteroatoms. The number of piperidine rings is 1. The van der Waals surface area contributed by atoms with Crippen LogP contribution in [-0.2, 0) is 10.2 Å². The van der Waals surface area contributed by atoms with Crippen molar-refractivity contribution >= 4 is 11.8 Å². The average Bonchev–Trinajstić information content (AvgIpc) is 3.30.